The Morgan fingerprint density at radius 2 is 2.00 bits per heavy atom. The number of rotatable bonds is 2. The van der Waals surface area contributed by atoms with E-state index in [9.17, 15) is 15.0 Å². The molecule has 1 atom stereocenters. The number of nitrogens with two attached hydrogens (primary N) is 1. The minimum absolute atomic E-state index is 0.108. The van der Waals surface area contributed by atoms with Crippen LogP contribution in [0, 0.1) is 5.92 Å². The minimum atomic E-state index is -0.174. The average molecular weight is 236 g/mol. The van der Waals surface area contributed by atoms with Crippen molar-refractivity contribution in [2.45, 2.75) is 6.42 Å². The first-order chi connectivity index (χ1) is 8.10. The highest BCUT2D eigenvalue weighted by molar-refractivity contribution is 5.95. The number of hydrogen-bond acceptors (Lipinski definition) is 4. The maximum Gasteiger partial charge on any atom is 0.254 e. The van der Waals surface area contributed by atoms with Gasteiger partial charge in [-0.05, 0) is 31.0 Å². The second-order valence-corrected chi connectivity index (χ2v) is 4.38. The predicted molar refractivity (Wildman–Crippen MR) is 62.8 cm³/mol. The minimum Gasteiger partial charge on any atom is -0.508 e. The van der Waals surface area contributed by atoms with Crippen LogP contribution >= 0.6 is 0 Å². The molecule has 17 heavy (non-hydrogen) atoms. The topological polar surface area (TPSA) is 86.8 Å². The summed E-state index contributed by atoms with van der Waals surface area (Å²) in [5.74, 6) is -0.0390. The molecule has 5 heteroatoms. The highest BCUT2D eigenvalue weighted by atomic mass is 16.3. The third-order valence-corrected chi connectivity index (χ3v) is 3.06. The van der Waals surface area contributed by atoms with Crippen LogP contribution in [0.15, 0.2) is 18.2 Å². The normalized spacial score (nSPS) is 19.6. The maximum atomic E-state index is 12.1. The lowest BCUT2D eigenvalue weighted by atomic mass is 10.1. The first-order valence-electron chi connectivity index (χ1n) is 5.62. The van der Waals surface area contributed by atoms with Gasteiger partial charge in [-0.3, -0.25) is 4.79 Å². The second kappa shape index (κ2) is 4.63. The Morgan fingerprint density at radius 3 is 2.53 bits per heavy atom. The zero-order chi connectivity index (χ0) is 12.4. The van der Waals surface area contributed by atoms with Crippen LogP contribution in [0.4, 0.5) is 0 Å². The Morgan fingerprint density at radius 1 is 1.35 bits per heavy atom. The molecule has 0 bridgehead atoms. The number of carbonyl (C=O) groups excluding carboxylic acids is 1. The van der Waals surface area contributed by atoms with Crippen molar-refractivity contribution in [3.8, 4) is 11.5 Å². The highest BCUT2D eigenvalue weighted by Crippen LogP contribution is 2.23. The molecule has 4 N–H and O–H groups in total. The number of likely N-dealkylation sites (tertiary alicyclic amines) is 1. The van der Waals surface area contributed by atoms with Crippen LogP contribution < -0.4 is 5.73 Å². The summed E-state index contributed by atoms with van der Waals surface area (Å²) in [6, 6.07) is 3.92. The molecule has 1 fully saturated rings. The van der Waals surface area contributed by atoms with Crippen molar-refractivity contribution >= 4 is 5.91 Å². The van der Waals surface area contributed by atoms with Crippen LogP contribution in [0.2, 0.25) is 0 Å². The van der Waals surface area contributed by atoms with E-state index in [1.165, 1.54) is 18.2 Å². The van der Waals surface area contributed by atoms with E-state index in [0.29, 0.717) is 31.1 Å². The summed E-state index contributed by atoms with van der Waals surface area (Å²) in [5, 5.41) is 18.7. The Labute approximate surface area is 99.5 Å². The summed E-state index contributed by atoms with van der Waals surface area (Å²) in [5.41, 5.74) is 5.87. The van der Waals surface area contributed by atoms with E-state index in [1.807, 2.05) is 0 Å². The van der Waals surface area contributed by atoms with Gasteiger partial charge < -0.3 is 20.8 Å². The smallest absolute Gasteiger partial charge is 0.254 e. The summed E-state index contributed by atoms with van der Waals surface area (Å²) >= 11 is 0. The fourth-order valence-corrected chi connectivity index (χ4v) is 2.11. The van der Waals surface area contributed by atoms with E-state index in [1.54, 1.807) is 4.90 Å². The number of amides is 1. The molecule has 1 amide bonds. The molecule has 1 heterocycles. The average Bonchev–Trinajstić information content (AvgIpc) is 2.75. The first-order valence-corrected chi connectivity index (χ1v) is 5.62. The molecule has 2 rings (SSSR count). The van der Waals surface area contributed by atoms with Gasteiger partial charge in [0.25, 0.3) is 5.91 Å². The summed E-state index contributed by atoms with van der Waals surface area (Å²) in [4.78, 5) is 13.8. The molecule has 1 aromatic rings. The number of hydrogen-bond donors (Lipinski definition) is 3. The number of phenols is 2. The van der Waals surface area contributed by atoms with Crippen molar-refractivity contribution in [3.63, 3.8) is 0 Å². The number of aromatic hydroxyl groups is 2. The zero-order valence-electron chi connectivity index (χ0n) is 9.47. The van der Waals surface area contributed by atoms with E-state index in [0.717, 1.165) is 6.42 Å². The maximum absolute atomic E-state index is 12.1. The molecule has 1 saturated heterocycles. The van der Waals surface area contributed by atoms with E-state index >= 15 is 0 Å². The van der Waals surface area contributed by atoms with Gasteiger partial charge in [0.1, 0.15) is 11.5 Å². The number of carbonyl (C=O) groups is 1. The number of benzene rings is 1. The first kappa shape index (κ1) is 11.7. The molecule has 1 aliphatic heterocycles. The van der Waals surface area contributed by atoms with Crippen molar-refractivity contribution in [1.82, 2.24) is 4.90 Å². The van der Waals surface area contributed by atoms with Gasteiger partial charge in [-0.25, -0.2) is 0 Å². The molecule has 0 spiro atoms. The van der Waals surface area contributed by atoms with E-state index < -0.39 is 0 Å². The van der Waals surface area contributed by atoms with Crippen LogP contribution in [-0.2, 0) is 0 Å². The van der Waals surface area contributed by atoms with Crippen LogP contribution in [0.5, 0.6) is 11.5 Å². The molecule has 0 aliphatic carbocycles. The molecule has 5 nitrogen and oxygen atoms in total. The van der Waals surface area contributed by atoms with Crippen molar-refractivity contribution in [2.75, 3.05) is 19.6 Å². The molecule has 1 aromatic carbocycles. The Kier molecular flexibility index (Phi) is 3.19. The summed E-state index contributed by atoms with van der Waals surface area (Å²) < 4.78 is 0. The summed E-state index contributed by atoms with van der Waals surface area (Å²) in [6.45, 7) is 1.90. The van der Waals surface area contributed by atoms with Gasteiger partial charge in [0, 0.05) is 24.7 Å². The number of nitrogens with zero attached hydrogens (tertiary/aromatic N) is 1. The Balaban J connectivity index is 2.14. The summed E-state index contributed by atoms with van der Waals surface area (Å²) in [6.07, 6.45) is 0.910. The fraction of sp³-hybridized carbons (Fsp3) is 0.417. The van der Waals surface area contributed by atoms with Gasteiger partial charge >= 0.3 is 0 Å². The molecule has 1 unspecified atom stereocenters. The monoisotopic (exact) mass is 236 g/mol. The van der Waals surface area contributed by atoms with Crippen LogP contribution in [0.3, 0.4) is 0 Å². The van der Waals surface area contributed by atoms with Crippen LogP contribution in [0.25, 0.3) is 0 Å². The third-order valence-electron chi connectivity index (χ3n) is 3.06. The number of phenolic OH excluding ortho intramolecular Hbond substituents is 2. The zero-order valence-corrected chi connectivity index (χ0v) is 9.47. The lowest BCUT2D eigenvalue weighted by molar-refractivity contribution is 0.0787. The van der Waals surface area contributed by atoms with Gasteiger partial charge in [-0.2, -0.15) is 0 Å². The quantitative estimate of drug-likeness (QED) is 0.698. The highest BCUT2D eigenvalue weighted by Gasteiger charge is 2.26. The van der Waals surface area contributed by atoms with Crippen molar-refractivity contribution < 1.29 is 15.0 Å². The molecular weight excluding hydrogens is 220 g/mol. The van der Waals surface area contributed by atoms with Gasteiger partial charge in [0.2, 0.25) is 0 Å². The SMILES string of the molecule is NCC1CCN(C(=O)c2cc(O)cc(O)c2)C1. The lowest BCUT2D eigenvalue weighted by Crippen LogP contribution is -2.29. The van der Waals surface area contributed by atoms with Crippen LogP contribution in [-0.4, -0.2) is 40.7 Å². The van der Waals surface area contributed by atoms with Crippen molar-refractivity contribution in [2.24, 2.45) is 11.7 Å². The fourth-order valence-electron chi connectivity index (χ4n) is 2.11. The summed E-state index contributed by atoms with van der Waals surface area (Å²) in [7, 11) is 0. The lowest BCUT2D eigenvalue weighted by Gasteiger charge is -2.16. The van der Waals surface area contributed by atoms with Gasteiger partial charge in [0.05, 0.1) is 0 Å². The standard InChI is InChI=1S/C12H16N2O3/c13-6-8-1-2-14(7-8)12(17)9-3-10(15)5-11(16)4-9/h3-5,8,15-16H,1-2,6-7,13H2. The van der Waals surface area contributed by atoms with E-state index in [4.69, 9.17) is 5.73 Å². The Hall–Kier alpha value is -1.75. The predicted octanol–water partition coefficient (Wildman–Crippen LogP) is 0.519. The van der Waals surface area contributed by atoms with Gasteiger partial charge in [-0.1, -0.05) is 0 Å². The van der Waals surface area contributed by atoms with Gasteiger partial charge in [0.15, 0.2) is 0 Å². The van der Waals surface area contributed by atoms with Crippen LogP contribution in [0.1, 0.15) is 16.8 Å². The molecular formula is C12H16N2O3. The molecule has 92 valence electrons. The van der Waals surface area contributed by atoms with Crippen molar-refractivity contribution in [3.05, 3.63) is 23.8 Å². The Bertz CT molecular complexity index is 414. The van der Waals surface area contributed by atoms with E-state index in [2.05, 4.69) is 0 Å². The third kappa shape index (κ3) is 2.50. The van der Waals surface area contributed by atoms with Gasteiger partial charge in [-0.15, -0.1) is 0 Å². The molecule has 0 saturated carbocycles. The second-order valence-electron chi connectivity index (χ2n) is 4.38. The van der Waals surface area contributed by atoms with E-state index in [-0.39, 0.29) is 17.4 Å². The molecule has 0 radical (unpaired) electrons. The van der Waals surface area contributed by atoms with Crippen molar-refractivity contribution in [1.29, 1.82) is 0 Å². The largest absolute Gasteiger partial charge is 0.508 e. The molecule has 1 aliphatic rings. The molecule has 0 aromatic heterocycles.